The van der Waals surface area contributed by atoms with E-state index >= 15 is 0 Å². The second kappa shape index (κ2) is 9.38. The molecule has 0 unspecified atom stereocenters. The quantitative estimate of drug-likeness (QED) is 0.593. The van der Waals surface area contributed by atoms with Gasteiger partial charge in [-0.05, 0) is 12.1 Å². The van der Waals surface area contributed by atoms with Gasteiger partial charge in [0, 0.05) is 30.9 Å². The van der Waals surface area contributed by atoms with Gasteiger partial charge in [0.25, 0.3) is 5.69 Å². The Morgan fingerprint density at radius 2 is 1.56 bits per heavy atom. The molecule has 6 nitrogen and oxygen atoms in total. The van der Waals surface area contributed by atoms with Crippen molar-refractivity contribution < 1.29 is 15.1 Å². The van der Waals surface area contributed by atoms with Gasteiger partial charge in [-0.2, -0.15) is 0 Å². The summed E-state index contributed by atoms with van der Waals surface area (Å²) < 4.78 is 0. The molecule has 0 amide bonds. The van der Waals surface area contributed by atoms with Gasteiger partial charge in [0.05, 0.1) is 18.1 Å². The lowest BCUT2D eigenvalue weighted by molar-refractivity contribution is -0.384. The highest BCUT2D eigenvalue weighted by Crippen LogP contribution is 2.18. The lowest BCUT2D eigenvalue weighted by Crippen LogP contribution is -2.29. The molecule has 0 aromatic heterocycles. The van der Waals surface area contributed by atoms with Crippen LogP contribution in [0.2, 0.25) is 0 Å². The van der Waals surface area contributed by atoms with Crippen molar-refractivity contribution in [2.75, 3.05) is 31.2 Å². The molecule has 18 heavy (non-hydrogen) atoms. The van der Waals surface area contributed by atoms with Crippen LogP contribution < -0.4 is 4.90 Å². The molecule has 0 saturated heterocycles. The van der Waals surface area contributed by atoms with Gasteiger partial charge in [-0.1, -0.05) is 13.8 Å². The average Bonchev–Trinajstić information content (AvgIpc) is 2.41. The second-order valence-corrected chi connectivity index (χ2v) is 3.21. The van der Waals surface area contributed by atoms with E-state index in [2.05, 4.69) is 0 Å². The lowest BCUT2D eigenvalue weighted by atomic mass is 10.2. The summed E-state index contributed by atoms with van der Waals surface area (Å²) in [5.74, 6) is 0. The van der Waals surface area contributed by atoms with Crippen LogP contribution in [0.15, 0.2) is 24.3 Å². The molecule has 0 saturated carbocycles. The van der Waals surface area contributed by atoms with Gasteiger partial charge >= 0.3 is 0 Å². The molecule has 0 fully saturated rings. The summed E-state index contributed by atoms with van der Waals surface area (Å²) in [6.07, 6.45) is 0. The third kappa shape index (κ3) is 5.11. The SMILES string of the molecule is CC.O=[N+]([O-])c1ccc(N(CCO)CCO)cc1. The Kier molecular flexibility index (Phi) is 8.51. The van der Waals surface area contributed by atoms with Crippen molar-refractivity contribution in [1.82, 2.24) is 0 Å². The fourth-order valence-corrected chi connectivity index (χ4v) is 1.40. The summed E-state index contributed by atoms with van der Waals surface area (Å²) >= 11 is 0. The molecular weight excluding hydrogens is 236 g/mol. The van der Waals surface area contributed by atoms with E-state index in [1.807, 2.05) is 13.8 Å². The highest BCUT2D eigenvalue weighted by Gasteiger charge is 2.08. The van der Waals surface area contributed by atoms with E-state index in [1.54, 1.807) is 17.0 Å². The summed E-state index contributed by atoms with van der Waals surface area (Å²) in [6, 6.07) is 6.00. The maximum Gasteiger partial charge on any atom is 0.269 e. The van der Waals surface area contributed by atoms with E-state index < -0.39 is 4.92 Å². The molecule has 0 heterocycles. The third-order valence-corrected chi connectivity index (χ3v) is 2.17. The van der Waals surface area contributed by atoms with Crippen molar-refractivity contribution in [3.05, 3.63) is 34.4 Å². The molecule has 0 aliphatic carbocycles. The minimum Gasteiger partial charge on any atom is -0.395 e. The Morgan fingerprint density at radius 1 is 1.11 bits per heavy atom. The first-order valence-corrected chi connectivity index (χ1v) is 5.90. The van der Waals surface area contributed by atoms with Crippen molar-refractivity contribution in [3.8, 4) is 0 Å². The number of aliphatic hydroxyl groups is 2. The van der Waals surface area contributed by atoms with E-state index in [1.165, 1.54) is 12.1 Å². The summed E-state index contributed by atoms with van der Waals surface area (Å²) in [6.45, 7) is 4.71. The highest BCUT2D eigenvalue weighted by atomic mass is 16.6. The monoisotopic (exact) mass is 256 g/mol. The maximum absolute atomic E-state index is 10.4. The predicted molar refractivity (Wildman–Crippen MR) is 70.8 cm³/mol. The molecule has 0 aliphatic rings. The van der Waals surface area contributed by atoms with Crippen molar-refractivity contribution in [3.63, 3.8) is 0 Å². The number of aliphatic hydroxyl groups excluding tert-OH is 2. The summed E-state index contributed by atoms with van der Waals surface area (Å²) in [4.78, 5) is 11.7. The van der Waals surface area contributed by atoms with Gasteiger partial charge in [-0.25, -0.2) is 0 Å². The first-order valence-electron chi connectivity index (χ1n) is 5.90. The Labute approximate surface area is 107 Å². The van der Waals surface area contributed by atoms with Gasteiger partial charge in [0.1, 0.15) is 0 Å². The molecule has 2 N–H and O–H groups in total. The molecule has 0 spiro atoms. The molecule has 0 atom stereocenters. The average molecular weight is 256 g/mol. The van der Waals surface area contributed by atoms with E-state index in [-0.39, 0.29) is 18.9 Å². The second-order valence-electron chi connectivity index (χ2n) is 3.21. The Bertz CT molecular complexity index is 334. The number of hydrogen-bond donors (Lipinski definition) is 2. The van der Waals surface area contributed by atoms with E-state index in [0.717, 1.165) is 5.69 Å². The Balaban J connectivity index is 0.00000137. The zero-order valence-corrected chi connectivity index (χ0v) is 10.7. The first-order chi connectivity index (χ1) is 8.69. The van der Waals surface area contributed by atoms with Gasteiger partial charge < -0.3 is 15.1 Å². The Hall–Kier alpha value is -1.66. The van der Waals surface area contributed by atoms with Crippen LogP contribution in [0.25, 0.3) is 0 Å². The predicted octanol–water partition coefficient (Wildman–Crippen LogP) is 1.41. The topological polar surface area (TPSA) is 86.8 Å². The summed E-state index contributed by atoms with van der Waals surface area (Å²) in [5.41, 5.74) is 0.769. The van der Waals surface area contributed by atoms with Crippen molar-refractivity contribution in [2.45, 2.75) is 13.8 Å². The zero-order valence-electron chi connectivity index (χ0n) is 10.7. The molecular formula is C12H20N2O4. The van der Waals surface area contributed by atoms with Crippen LogP contribution >= 0.6 is 0 Å². The summed E-state index contributed by atoms with van der Waals surface area (Å²) in [5, 5.41) is 28.1. The van der Waals surface area contributed by atoms with Gasteiger partial charge in [-0.15, -0.1) is 0 Å². The summed E-state index contributed by atoms with van der Waals surface area (Å²) in [7, 11) is 0. The van der Waals surface area contributed by atoms with Crippen LogP contribution in [-0.2, 0) is 0 Å². The van der Waals surface area contributed by atoms with E-state index in [4.69, 9.17) is 10.2 Å². The molecule has 0 aliphatic heterocycles. The molecule has 102 valence electrons. The number of non-ortho nitro benzene ring substituents is 1. The number of nitrogens with zero attached hydrogens (tertiary/aromatic N) is 2. The number of rotatable bonds is 6. The van der Waals surface area contributed by atoms with Crippen molar-refractivity contribution in [1.29, 1.82) is 0 Å². The van der Waals surface area contributed by atoms with Crippen LogP contribution in [0.1, 0.15) is 13.8 Å². The van der Waals surface area contributed by atoms with Crippen LogP contribution in [0, 0.1) is 10.1 Å². The van der Waals surface area contributed by atoms with Crippen LogP contribution in [0.5, 0.6) is 0 Å². The molecule has 1 aromatic rings. The highest BCUT2D eigenvalue weighted by molar-refractivity contribution is 5.50. The number of anilines is 1. The van der Waals surface area contributed by atoms with Crippen molar-refractivity contribution in [2.24, 2.45) is 0 Å². The standard InChI is InChI=1S/C10H14N2O4.C2H6/c13-7-5-11(6-8-14)9-1-3-10(4-2-9)12(15)16;1-2/h1-4,13-14H,5-8H2;1-2H3. The van der Waals surface area contributed by atoms with Crippen LogP contribution in [0.3, 0.4) is 0 Å². The van der Waals surface area contributed by atoms with E-state index in [0.29, 0.717) is 13.1 Å². The molecule has 1 rings (SSSR count). The largest absolute Gasteiger partial charge is 0.395 e. The zero-order chi connectivity index (χ0) is 14.0. The van der Waals surface area contributed by atoms with Crippen molar-refractivity contribution >= 4 is 11.4 Å². The number of nitro benzene ring substituents is 1. The Morgan fingerprint density at radius 3 is 1.89 bits per heavy atom. The minimum atomic E-state index is -0.466. The lowest BCUT2D eigenvalue weighted by Gasteiger charge is -2.22. The fourth-order valence-electron chi connectivity index (χ4n) is 1.40. The van der Waals surface area contributed by atoms with Gasteiger partial charge in [0.2, 0.25) is 0 Å². The normalized spacial score (nSPS) is 9.33. The number of benzene rings is 1. The number of nitro groups is 1. The van der Waals surface area contributed by atoms with Crippen LogP contribution in [0.4, 0.5) is 11.4 Å². The van der Waals surface area contributed by atoms with Gasteiger partial charge in [0.15, 0.2) is 0 Å². The van der Waals surface area contributed by atoms with Crippen LogP contribution in [-0.4, -0.2) is 41.4 Å². The molecule has 1 aromatic carbocycles. The minimum absolute atomic E-state index is 0.0247. The van der Waals surface area contributed by atoms with E-state index in [9.17, 15) is 10.1 Å². The third-order valence-electron chi connectivity index (χ3n) is 2.17. The molecule has 6 heteroatoms. The molecule has 0 radical (unpaired) electrons. The fraction of sp³-hybridized carbons (Fsp3) is 0.500. The molecule has 0 bridgehead atoms. The smallest absolute Gasteiger partial charge is 0.269 e. The number of hydrogen-bond acceptors (Lipinski definition) is 5. The van der Waals surface area contributed by atoms with Gasteiger partial charge in [-0.3, -0.25) is 10.1 Å². The first kappa shape index (κ1) is 16.3. The maximum atomic E-state index is 10.4.